The number of benzene rings is 1. The average molecular weight is 254 g/mol. The molecule has 1 aromatic rings. The van der Waals surface area contributed by atoms with Crippen molar-refractivity contribution in [1.29, 1.82) is 0 Å². The van der Waals surface area contributed by atoms with Crippen LogP contribution < -0.4 is 4.74 Å². The van der Waals surface area contributed by atoms with Gasteiger partial charge in [0.15, 0.2) is 0 Å². The maximum atomic E-state index is 5.32. The lowest BCUT2D eigenvalue weighted by atomic mass is 10.1. The number of para-hydroxylation sites is 1. The number of ether oxygens (including phenoxy) is 1. The minimum absolute atomic E-state index is 0.959. The molecule has 0 N–H and O–H groups in total. The van der Waals surface area contributed by atoms with Gasteiger partial charge < -0.3 is 4.74 Å². The summed E-state index contributed by atoms with van der Waals surface area (Å²) in [5, 5.41) is 0. The van der Waals surface area contributed by atoms with Gasteiger partial charge in [-0.05, 0) is 36.6 Å². The fourth-order valence-electron chi connectivity index (χ4n) is 1.43. The highest BCUT2D eigenvalue weighted by Crippen LogP contribution is 2.20. The summed E-state index contributed by atoms with van der Waals surface area (Å²) in [6.07, 6.45) is 3.11. The van der Waals surface area contributed by atoms with E-state index in [9.17, 15) is 0 Å². The van der Waals surface area contributed by atoms with Crippen molar-refractivity contribution in [2.24, 2.45) is 0 Å². The van der Waals surface area contributed by atoms with Crippen LogP contribution in [0.15, 0.2) is 24.3 Å². The van der Waals surface area contributed by atoms with Crippen molar-refractivity contribution in [3.8, 4) is 5.75 Å². The Bertz CT molecular complexity index is 336. The first kappa shape index (κ1) is 13.5. The molecule has 0 aromatic heterocycles. The highest BCUT2D eigenvalue weighted by molar-refractivity contribution is 8.23. The van der Waals surface area contributed by atoms with E-state index in [4.69, 9.17) is 17.0 Å². The Morgan fingerprint density at radius 2 is 2.12 bits per heavy atom. The Balaban J connectivity index is 2.44. The van der Waals surface area contributed by atoms with Crippen LogP contribution in [-0.4, -0.2) is 17.1 Å². The second kappa shape index (κ2) is 7.69. The van der Waals surface area contributed by atoms with Gasteiger partial charge in [0.2, 0.25) is 0 Å². The summed E-state index contributed by atoms with van der Waals surface area (Å²) >= 11 is 7.12. The zero-order chi connectivity index (χ0) is 11.8. The predicted octanol–water partition coefficient (Wildman–Crippen LogP) is 4.10. The van der Waals surface area contributed by atoms with E-state index in [0.29, 0.717) is 0 Å². The van der Waals surface area contributed by atoms with Crippen molar-refractivity contribution in [2.75, 3.05) is 12.9 Å². The van der Waals surface area contributed by atoms with Crippen LogP contribution in [0, 0.1) is 0 Å². The van der Waals surface area contributed by atoms with E-state index in [1.54, 1.807) is 18.9 Å². The molecule has 1 aromatic carbocycles. The van der Waals surface area contributed by atoms with Gasteiger partial charge in [0, 0.05) is 4.20 Å². The third-order valence-corrected chi connectivity index (χ3v) is 3.95. The van der Waals surface area contributed by atoms with Crippen molar-refractivity contribution in [1.82, 2.24) is 0 Å². The van der Waals surface area contributed by atoms with Crippen molar-refractivity contribution < 1.29 is 4.74 Å². The molecular formula is C13H18OS2. The summed E-state index contributed by atoms with van der Waals surface area (Å²) in [6.45, 7) is 2.18. The van der Waals surface area contributed by atoms with Crippen molar-refractivity contribution >= 4 is 28.2 Å². The lowest BCUT2D eigenvalue weighted by molar-refractivity contribution is 0.410. The number of hydrogen-bond acceptors (Lipinski definition) is 3. The van der Waals surface area contributed by atoms with Crippen LogP contribution in [0.25, 0.3) is 0 Å². The molecule has 0 aliphatic heterocycles. The van der Waals surface area contributed by atoms with Gasteiger partial charge in [0.1, 0.15) is 5.75 Å². The Morgan fingerprint density at radius 1 is 1.38 bits per heavy atom. The summed E-state index contributed by atoms with van der Waals surface area (Å²) in [6, 6.07) is 8.13. The normalized spacial score (nSPS) is 10.1. The molecule has 0 aliphatic carbocycles. The van der Waals surface area contributed by atoms with E-state index >= 15 is 0 Å². The Hall–Kier alpha value is -0.540. The fraction of sp³-hybridized carbons (Fsp3) is 0.462. The van der Waals surface area contributed by atoms with E-state index in [0.717, 1.165) is 28.5 Å². The number of hydrogen-bond donors (Lipinski definition) is 0. The molecule has 0 fully saturated rings. The largest absolute Gasteiger partial charge is 0.496 e. The number of thioether (sulfide) groups is 1. The summed E-state index contributed by atoms with van der Waals surface area (Å²) in [5.74, 6) is 2.09. The molecule has 0 saturated carbocycles. The highest BCUT2D eigenvalue weighted by atomic mass is 32.2. The Morgan fingerprint density at radius 3 is 2.81 bits per heavy atom. The molecule has 3 heteroatoms. The second-order valence-corrected chi connectivity index (χ2v) is 5.47. The quantitative estimate of drug-likeness (QED) is 0.707. The summed E-state index contributed by atoms with van der Waals surface area (Å²) in [7, 11) is 1.71. The molecule has 0 bridgehead atoms. The topological polar surface area (TPSA) is 9.23 Å². The molecule has 0 unspecified atom stereocenters. The van der Waals surface area contributed by atoms with Gasteiger partial charge in [0.25, 0.3) is 0 Å². The lowest BCUT2D eigenvalue weighted by Gasteiger charge is -2.08. The molecule has 1 nitrogen and oxygen atoms in total. The van der Waals surface area contributed by atoms with Crippen LogP contribution in [0.3, 0.4) is 0 Å². The van der Waals surface area contributed by atoms with Crippen LogP contribution in [0.1, 0.15) is 25.3 Å². The Labute approximate surface area is 108 Å². The van der Waals surface area contributed by atoms with E-state index < -0.39 is 0 Å². The van der Waals surface area contributed by atoms with Gasteiger partial charge in [-0.15, -0.1) is 11.8 Å². The van der Waals surface area contributed by atoms with Crippen LogP contribution in [0.4, 0.5) is 0 Å². The Kier molecular flexibility index (Phi) is 6.50. The molecule has 0 aliphatic rings. The molecule has 0 radical (unpaired) electrons. The highest BCUT2D eigenvalue weighted by Gasteiger charge is 2.03. The third-order valence-electron chi connectivity index (χ3n) is 2.26. The molecule has 88 valence electrons. The zero-order valence-corrected chi connectivity index (χ0v) is 11.5. The van der Waals surface area contributed by atoms with Gasteiger partial charge in [0.05, 0.1) is 7.11 Å². The van der Waals surface area contributed by atoms with Gasteiger partial charge >= 0.3 is 0 Å². The van der Waals surface area contributed by atoms with Crippen molar-refractivity contribution in [2.45, 2.75) is 26.2 Å². The molecule has 16 heavy (non-hydrogen) atoms. The standard InChI is InChI=1S/C13H18OS2/c1-3-10-16-13(15)9-8-11-6-4-5-7-12(11)14-2/h4-7H,3,8-10H2,1-2H3. The number of thiocarbonyl (C=S) groups is 1. The summed E-state index contributed by atoms with van der Waals surface area (Å²) in [5.41, 5.74) is 1.24. The molecule has 0 atom stereocenters. The minimum Gasteiger partial charge on any atom is -0.496 e. The SMILES string of the molecule is CCCSC(=S)CCc1ccccc1OC. The van der Waals surface area contributed by atoms with Crippen LogP contribution >= 0.6 is 24.0 Å². The predicted molar refractivity (Wildman–Crippen MR) is 76.7 cm³/mol. The molecule has 0 heterocycles. The first-order chi connectivity index (χ1) is 7.77. The molecule has 0 saturated heterocycles. The first-order valence-electron chi connectivity index (χ1n) is 5.55. The number of rotatable bonds is 6. The maximum absolute atomic E-state index is 5.32. The molecule has 0 spiro atoms. The maximum Gasteiger partial charge on any atom is 0.122 e. The van der Waals surface area contributed by atoms with Crippen LogP contribution in [0.5, 0.6) is 5.75 Å². The average Bonchev–Trinajstić information content (AvgIpc) is 2.34. The van der Waals surface area contributed by atoms with Crippen molar-refractivity contribution in [3.63, 3.8) is 0 Å². The lowest BCUT2D eigenvalue weighted by Crippen LogP contribution is -1.96. The number of methoxy groups -OCH3 is 1. The van der Waals surface area contributed by atoms with Gasteiger partial charge in [-0.1, -0.05) is 37.3 Å². The molecule has 0 amide bonds. The molecule has 1 rings (SSSR count). The third kappa shape index (κ3) is 4.54. The smallest absolute Gasteiger partial charge is 0.122 e. The summed E-state index contributed by atoms with van der Waals surface area (Å²) in [4.78, 5) is 0. The van der Waals surface area contributed by atoms with Crippen LogP contribution in [0.2, 0.25) is 0 Å². The van der Waals surface area contributed by atoms with Gasteiger partial charge in [-0.2, -0.15) is 0 Å². The zero-order valence-electron chi connectivity index (χ0n) is 9.86. The van der Waals surface area contributed by atoms with Gasteiger partial charge in [-0.25, -0.2) is 0 Å². The number of aryl methyl sites for hydroxylation is 1. The van der Waals surface area contributed by atoms with E-state index in [-0.39, 0.29) is 0 Å². The van der Waals surface area contributed by atoms with Crippen LogP contribution in [-0.2, 0) is 6.42 Å². The monoisotopic (exact) mass is 254 g/mol. The van der Waals surface area contributed by atoms with E-state index in [1.807, 2.05) is 18.2 Å². The van der Waals surface area contributed by atoms with Crippen molar-refractivity contribution in [3.05, 3.63) is 29.8 Å². The fourth-order valence-corrected chi connectivity index (χ4v) is 2.46. The second-order valence-electron chi connectivity index (χ2n) is 3.53. The summed E-state index contributed by atoms with van der Waals surface area (Å²) < 4.78 is 6.41. The van der Waals surface area contributed by atoms with E-state index in [1.165, 1.54) is 12.0 Å². The van der Waals surface area contributed by atoms with E-state index in [2.05, 4.69) is 13.0 Å². The molecular weight excluding hydrogens is 236 g/mol. The van der Waals surface area contributed by atoms with Gasteiger partial charge in [-0.3, -0.25) is 0 Å². The first-order valence-corrected chi connectivity index (χ1v) is 6.94. The minimum atomic E-state index is 0.959.